The molecule has 1 aromatic heterocycles. The molecule has 0 atom stereocenters. The molecule has 0 bridgehead atoms. The van der Waals surface area contributed by atoms with E-state index < -0.39 is 21.9 Å². The summed E-state index contributed by atoms with van der Waals surface area (Å²) in [5.41, 5.74) is -0.0334. The standard InChI is InChI=1S/C16H17BrF3N3O2S/c17-11-5-7-12(8-6-11)26(24,25)21-9-10-23-14-4-2-1-3-13(14)15(22-23)16(18,19)20/h5-8,21H,1-4,9-10H2. The molecule has 0 radical (unpaired) electrons. The van der Waals surface area contributed by atoms with Crippen LogP contribution >= 0.6 is 15.9 Å². The van der Waals surface area contributed by atoms with Gasteiger partial charge in [0.15, 0.2) is 5.69 Å². The molecule has 1 heterocycles. The molecule has 0 fully saturated rings. The van der Waals surface area contributed by atoms with Gasteiger partial charge in [-0.05, 0) is 49.9 Å². The van der Waals surface area contributed by atoms with Gasteiger partial charge in [-0.3, -0.25) is 4.68 Å². The maximum absolute atomic E-state index is 13.2. The molecule has 2 aromatic rings. The first-order valence-corrected chi connectivity index (χ1v) is 10.4. The third-order valence-electron chi connectivity index (χ3n) is 4.26. The minimum atomic E-state index is -4.50. The SMILES string of the molecule is O=S(=O)(NCCn1nc(C(F)(F)F)c2c1CCCC2)c1ccc(Br)cc1. The maximum Gasteiger partial charge on any atom is 0.435 e. The Balaban J connectivity index is 1.74. The molecule has 10 heteroatoms. The third-order valence-corrected chi connectivity index (χ3v) is 6.27. The van der Waals surface area contributed by atoms with Crippen LogP contribution in [0.3, 0.4) is 0 Å². The summed E-state index contributed by atoms with van der Waals surface area (Å²) in [6, 6.07) is 6.11. The van der Waals surface area contributed by atoms with Crippen LogP contribution in [-0.4, -0.2) is 24.7 Å². The number of alkyl halides is 3. The van der Waals surface area contributed by atoms with E-state index in [9.17, 15) is 21.6 Å². The van der Waals surface area contributed by atoms with Crippen LogP contribution in [0.15, 0.2) is 33.6 Å². The van der Waals surface area contributed by atoms with Crippen LogP contribution in [0, 0.1) is 0 Å². The Labute approximate surface area is 157 Å². The molecule has 1 aromatic carbocycles. The molecule has 0 unspecified atom stereocenters. The summed E-state index contributed by atoms with van der Waals surface area (Å²) in [5.74, 6) is 0. The lowest BCUT2D eigenvalue weighted by atomic mass is 9.95. The summed E-state index contributed by atoms with van der Waals surface area (Å²) in [6.07, 6.45) is -2.10. The number of sulfonamides is 1. The van der Waals surface area contributed by atoms with Gasteiger partial charge in [0.05, 0.1) is 11.4 Å². The predicted octanol–water partition coefficient (Wildman–Crippen LogP) is 3.52. The van der Waals surface area contributed by atoms with Gasteiger partial charge in [-0.15, -0.1) is 0 Å². The van der Waals surface area contributed by atoms with E-state index in [1.165, 1.54) is 16.8 Å². The number of hydrogen-bond donors (Lipinski definition) is 1. The number of nitrogens with zero attached hydrogens (tertiary/aromatic N) is 2. The average Bonchev–Trinajstić information content (AvgIpc) is 2.94. The monoisotopic (exact) mass is 451 g/mol. The smallest absolute Gasteiger partial charge is 0.267 e. The summed E-state index contributed by atoms with van der Waals surface area (Å²) < 4.78 is 68.4. The Hall–Kier alpha value is -1.39. The molecule has 0 spiro atoms. The van der Waals surface area contributed by atoms with Gasteiger partial charge in [-0.1, -0.05) is 15.9 Å². The number of rotatable bonds is 5. The predicted molar refractivity (Wildman–Crippen MR) is 93.2 cm³/mol. The average molecular weight is 452 g/mol. The van der Waals surface area contributed by atoms with Gasteiger partial charge >= 0.3 is 6.18 Å². The van der Waals surface area contributed by atoms with Gasteiger partial charge in [-0.25, -0.2) is 13.1 Å². The van der Waals surface area contributed by atoms with Gasteiger partial charge in [0, 0.05) is 22.3 Å². The van der Waals surface area contributed by atoms with Crippen molar-refractivity contribution in [2.45, 2.75) is 43.3 Å². The van der Waals surface area contributed by atoms with E-state index >= 15 is 0 Å². The lowest BCUT2D eigenvalue weighted by Crippen LogP contribution is -2.28. The minimum absolute atomic E-state index is 0.0379. The Kier molecular flexibility index (Phi) is 5.45. The fraction of sp³-hybridized carbons (Fsp3) is 0.438. The Morgan fingerprint density at radius 2 is 1.81 bits per heavy atom. The molecule has 0 saturated carbocycles. The van der Waals surface area contributed by atoms with Gasteiger partial charge in [0.2, 0.25) is 10.0 Å². The van der Waals surface area contributed by atoms with E-state index in [0.29, 0.717) is 25.0 Å². The fourth-order valence-corrected chi connectivity index (χ4v) is 4.35. The first kappa shape index (κ1) is 19.4. The first-order valence-electron chi connectivity index (χ1n) is 8.09. The van der Waals surface area contributed by atoms with Gasteiger partial charge in [0.25, 0.3) is 0 Å². The molecule has 142 valence electrons. The fourth-order valence-electron chi connectivity index (χ4n) is 3.07. The van der Waals surface area contributed by atoms with E-state index in [2.05, 4.69) is 25.8 Å². The topological polar surface area (TPSA) is 64.0 Å². The lowest BCUT2D eigenvalue weighted by molar-refractivity contribution is -0.142. The van der Waals surface area contributed by atoms with Crippen molar-refractivity contribution in [1.29, 1.82) is 0 Å². The van der Waals surface area contributed by atoms with E-state index in [-0.39, 0.29) is 23.5 Å². The molecule has 0 saturated heterocycles. The van der Waals surface area contributed by atoms with Crippen molar-refractivity contribution in [3.05, 3.63) is 45.7 Å². The van der Waals surface area contributed by atoms with E-state index in [1.807, 2.05) is 0 Å². The highest BCUT2D eigenvalue weighted by atomic mass is 79.9. The molecule has 0 amide bonds. The maximum atomic E-state index is 13.2. The van der Waals surface area contributed by atoms with Crippen LogP contribution in [0.2, 0.25) is 0 Å². The highest BCUT2D eigenvalue weighted by Crippen LogP contribution is 2.35. The molecule has 1 aliphatic rings. The number of hydrogen-bond acceptors (Lipinski definition) is 3. The van der Waals surface area contributed by atoms with Crippen molar-refractivity contribution in [3.8, 4) is 0 Å². The Morgan fingerprint density at radius 3 is 2.46 bits per heavy atom. The summed E-state index contributed by atoms with van der Waals surface area (Å²) in [7, 11) is -3.72. The minimum Gasteiger partial charge on any atom is -0.267 e. The van der Waals surface area contributed by atoms with Crippen LogP contribution in [0.25, 0.3) is 0 Å². The van der Waals surface area contributed by atoms with E-state index in [0.717, 1.165) is 10.9 Å². The van der Waals surface area contributed by atoms with Crippen LogP contribution in [-0.2, 0) is 35.6 Å². The van der Waals surface area contributed by atoms with Crippen molar-refractivity contribution in [2.75, 3.05) is 6.54 Å². The van der Waals surface area contributed by atoms with E-state index in [1.54, 1.807) is 12.1 Å². The molecule has 1 aliphatic carbocycles. The number of halogens is 4. The Bertz CT molecular complexity index is 893. The van der Waals surface area contributed by atoms with Crippen LogP contribution < -0.4 is 4.72 Å². The molecule has 26 heavy (non-hydrogen) atoms. The summed E-state index contributed by atoms with van der Waals surface area (Å²) >= 11 is 3.23. The molecule has 1 N–H and O–H groups in total. The number of nitrogens with one attached hydrogen (secondary N) is 1. The number of benzene rings is 1. The normalized spacial score (nSPS) is 15.1. The first-order chi connectivity index (χ1) is 12.2. The summed E-state index contributed by atoms with van der Waals surface area (Å²) in [4.78, 5) is 0.0965. The number of aromatic nitrogens is 2. The van der Waals surface area contributed by atoms with Crippen molar-refractivity contribution in [2.24, 2.45) is 0 Å². The molecule has 0 aliphatic heterocycles. The highest BCUT2D eigenvalue weighted by Gasteiger charge is 2.39. The molecular weight excluding hydrogens is 435 g/mol. The van der Waals surface area contributed by atoms with Gasteiger partial charge < -0.3 is 0 Å². The van der Waals surface area contributed by atoms with Crippen LogP contribution in [0.1, 0.15) is 29.8 Å². The highest BCUT2D eigenvalue weighted by molar-refractivity contribution is 9.10. The van der Waals surface area contributed by atoms with Gasteiger partial charge in [-0.2, -0.15) is 18.3 Å². The van der Waals surface area contributed by atoms with Gasteiger partial charge in [0.1, 0.15) is 0 Å². The second-order valence-electron chi connectivity index (χ2n) is 6.05. The van der Waals surface area contributed by atoms with Crippen LogP contribution in [0.4, 0.5) is 13.2 Å². The molecule has 3 rings (SSSR count). The Morgan fingerprint density at radius 1 is 1.15 bits per heavy atom. The largest absolute Gasteiger partial charge is 0.435 e. The second kappa shape index (κ2) is 7.32. The molecule has 5 nitrogen and oxygen atoms in total. The lowest BCUT2D eigenvalue weighted by Gasteiger charge is -2.15. The summed E-state index contributed by atoms with van der Waals surface area (Å²) in [6.45, 7) is 0.0119. The van der Waals surface area contributed by atoms with Crippen molar-refractivity contribution in [1.82, 2.24) is 14.5 Å². The molecular formula is C16H17BrF3N3O2S. The van der Waals surface area contributed by atoms with Crippen molar-refractivity contribution in [3.63, 3.8) is 0 Å². The third kappa shape index (κ3) is 4.12. The zero-order chi connectivity index (χ0) is 18.9. The summed E-state index contributed by atoms with van der Waals surface area (Å²) in [5, 5.41) is 3.72. The zero-order valence-corrected chi connectivity index (χ0v) is 16.1. The van der Waals surface area contributed by atoms with Crippen LogP contribution in [0.5, 0.6) is 0 Å². The quantitative estimate of drug-likeness (QED) is 0.756. The van der Waals surface area contributed by atoms with Crippen molar-refractivity contribution < 1.29 is 21.6 Å². The second-order valence-corrected chi connectivity index (χ2v) is 8.74. The van der Waals surface area contributed by atoms with E-state index in [4.69, 9.17) is 0 Å². The number of fused-ring (bicyclic) bond motifs is 1. The zero-order valence-electron chi connectivity index (χ0n) is 13.7. The van der Waals surface area contributed by atoms with Crippen molar-refractivity contribution >= 4 is 26.0 Å².